The van der Waals surface area contributed by atoms with Crippen molar-refractivity contribution in [3.63, 3.8) is 0 Å². The maximum atomic E-state index is 9.08. The van der Waals surface area contributed by atoms with Gasteiger partial charge < -0.3 is 5.21 Å². The second-order valence-electron chi connectivity index (χ2n) is 4.94. The Hall–Kier alpha value is -0.530. The van der Waals surface area contributed by atoms with Crippen LogP contribution in [0.4, 0.5) is 0 Å². The van der Waals surface area contributed by atoms with E-state index in [1.165, 1.54) is 38.5 Å². The lowest BCUT2D eigenvalue weighted by molar-refractivity contribution is 0.264. The van der Waals surface area contributed by atoms with Gasteiger partial charge in [0.15, 0.2) is 0 Å². The van der Waals surface area contributed by atoms with Crippen molar-refractivity contribution in [1.29, 1.82) is 0 Å². The van der Waals surface area contributed by atoms with Gasteiger partial charge in [0, 0.05) is 5.41 Å². The Morgan fingerprint density at radius 1 is 1.57 bits per heavy atom. The van der Waals surface area contributed by atoms with Gasteiger partial charge in [-0.3, -0.25) is 0 Å². The Labute approximate surface area is 87.4 Å². The molecule has 2 nitrogen and oxygen atoms in total. The van der Waals surface area contributed by atoms with Gasteiger partial charge in [-0.1, -0.05) is 45.2 Å². The summed E-state index contributed by atoms with van der Waals surface area (Å²) in [6.45, 7) is 6.65. The van der Waals surface area contributed by atoms with E-state index in [2.05, 4.69) is 25.9 Å². The third kappa shape index (κ3) is 2.28. The summed E-state index contributed by atoms with van der Waals surface area (Å²) in [7, 11) is 0. The quantitative estimate of drug-likeness (QED) is 0.541. The van der Waals surface area contributed by atoms with Crippen molar-refractivity contribution in [2.24, 2.45) is 16.5 Å². The summed E-state index contributed by atoms with van der Waals surface area (Å²) < 4.78 is 0. The fraction of sp³-hybridized carbons (Fsp3) is 0.917. The molecule has 0 spiro atoms. The molecule has 0 aromatic carbocycles. The number of hydrogen-bond donors (Lipinski definition) is 1. The zero-order valence-corrected chi connectivity index (χ0v) is 9.71. The van der Waals surface area contributed by atoms with Crippen LogP contribution >= 0.6 is 0 Å². The highest BCUT2D eigenvalue weighted by Gasteiger charge is 2.36. The molecule has 1 aliphatic carbocycles. The van der Waals surface area contributed by atoms with Gasteiger partial charge in [-0.15, -0.1) is 0 Å². The zero-order chi connectivity index (χ0) is 10.6. The molecule has 82 valence electrons. The first kappa shape index (κ1) is 11.5. The van der Waals surface area contributed by atoms with E-state index in [9.17, 15) is 0 Å². The molecule has 0 aromatic rings. The van der Waals surface area contributed by atoms with Gasteiger partial charge in [0.25, 0.3) is 0 Å². The zero-order valence-electron chi connectivity index (χ0n) is 9.71. The van der Waals surface area contributed by atoms with Crippen LogP contribution in [0.1, 0.15) is 59.3 Å². The van der Waals surface area contributed by atoms with Gasteiger partial charge in [0.05, 0.1) is 5.71 Å². The Morgan fingerprint density at radius 2 is 2.29 bits per heavy atom. The maximum absolute atomic E-state index is 9.08. The van der Waals surface area contributed by atoms with Crippen molar-refractivity contribution >= 4 is 5.71 Å². The molecule has 0 bridgehead atoms. The highest BCUT2D eigenvalue weighted by molar-refractivity contribution is 5.91. The van der Waals surface area contributed by atoms with Crippen LogP contribution in [0.25, 0.3) is 0 Å². The Morgan fingerprint density at radius 3 is 2.86 bits per heavy atom. The molecule has 2 atom stereocenters. The van der Waals surface area contributed by atoms with Gasteiger partial charge in [-0.05, 0) is 25.2 Å². The fourth-order valence-electron chi connectivity index (χ4n) is 2.70. The number of unbranched alkanes of at least 4 members (excludes halogenated alkanes) is 1. The molecule has 0 amide bonds. The van der Waals surface area contributed by atoms with Crippen LogP contribution in [0.2, 0.25) is 0 Å². The van der Waals surface area contributed by atoms with E-state index in [1.807, 2.05) is 0 Å². The van der Waals surface area contributed by atoms with E-state index in [4.69, 9.17) is 5.21 Å². The van der Waals surface area contributed by atoms with E-state index in [0.29, 0.717) is 5.92 Å². The molecule has 1 fully saturated rings. The van der Waals surface area contributed by atoms with Crippen molar-refractivity contribution in [1.82, 2.24) is 0 Å². The van der Waals surface area contributed by atoms with Crippen LogP contribution in [0.15, 0.2) is 5.16 Å². The Balaban J connectivity index is 2.72. The SMILES string of the molecule is CCCCC1(C)CCCC(C)C1=NO. The van der Waals surface area contributed by atoms with Gasteiger partial charge >= 0.3 is 0 Å². The van der Waals surface area contributed by atoms with Gasteiger partial charge in [-0.25, -0.2) is 0 Å². The van der Waals surface area contributed by atoms with E-state index >= 15 is 0 Å². The van der Waals surface area contributed by atoms with Crippen LogP contribution in [-0.4, -0.2) is 10.9 Å². The summed E-state index contributed by atoms with van der Waals surface area (Å²) in [5, 5.41) is 12.6. The van der Waals surface area contributed by atoms with Gasteiger partial charge in [-0.2, -0.15) is 0 Å². The summed E-state index contributed by atoms with van der Waals surface area (Å²) in [4.78, 5) is 0. The van der Waals surface area contributed by atoms with Crippen LogP contribution in [-0.2, 0) is 0 Å². The van der Waals surface area contributed by atoms with Crippen LogP contribution in [0, 0.1) is 11.3 Å². The van der Waals surface area contributed by atoms with Gasteiger partial charge in [0.2, 0.25) is 0 Å². The molecule has 14 heavy (non-hydrogen) atoms. The lowest BCUT2D eigenvalue weighted by atomic mass is 9.67. The van der Waals surface area contributed by atoms with Crippen molar-refractivity contribution < 1.29 is 5.21 Å². The average Bonchev–Trinajstić information content (AvgIpc) is 2.15. The monoisotopic (exact) mass is 197 g/mol. The number of oxime groups is 1. The molecule has 1 aliphatic rings. The van der Waals surface area contributed by atoms with Crippen molar-refractivity contribution in [2.45, 2.75) is 59.3 Å². The third-order valence-corrected chi connectivity index (χ3v) is 3.64. The first-order chi connectivity index (χ1) is 6.64. The summed E-state index contributed by atoms with van der Waals surface area (Å²) >= 11 is 0. The van der Waals surface area contributed by atoms with E-state index in [-0.39, 0.29) is 5.41 Å². The lowest BCUT2D eigenvalue weighted by Crippen LogP contribution is -2.36. The second-order valence-corrected chi connectivity index (χ2v) is 4.94. The maximum Gasteiger partial charge on any atom is 0.0657 e. The second kappa shape index (κ2) is 4.81. The molecule has 0 heterocycles. The lowest BCUT2D eigenvalue weighted by Gasteiger charge is -2.37. The van der Waals surface area contributed by atoms with Crippen LogP contribution in [0.3, 0.4) is 0 Å². The van der Waals surface area contributed by atoms with E-state index < -0.39 is 0 Å². The molecule has 2 unspecified atom stereocenters. The van der Waals surface area contributed by atoms with E-state index in [1.54, 1.807) is 0 Å². The van der Waals surface area contributed by atoms with Crippen molar-refractivity contribution in [3.05, 3.63) is 0 Å². The molecule has 0 saturated heterocycles. The minimum atomic E-state index is 0.169. The smallest absolute Gasteiger partial charge is 0.0657 e. The van der Waals surface area contributed by atoms with Crippen LogP contribution in [0.5, 0.6) is 0 Å². The summed E-state index contributed by atoms with van der Waals surface area (Å²) in [5.41, 5.74) is 1.21. The highest BCUT2D eigenvalue weighted by Crippen LogP contribution is 2.40. The minimum absolute atomic E-state index is 0.169. The van der Waals surface area contributed by atoms with Crippen molar-refractivity contribution in [3.8, 4) is 0 Å². The average molecular weight is 197 g/mol. The molecule has 1 rings (SSSR count). The van der Waals surface area contributed by atoms with Gasteiger partial charge in [0.1, 0.15) is 0 Å². The number of rotatable bonds is 3. The third-order valence-electron chi connectivity index (χ3n) is 3.64. The molecular weight excluding hydrogens is 174 g/mol. The molecule has 1 saturated carbocycles. The fourth-order valence-corrected chi connectivity index (χ4v) is 2.70. The molecule has 2 heteroatoms. The molecule has 0 radical (unpaired) electrons. The topological polar surface area (TPSA) is 32.6 Å². The standard InChI is InChI=1S/C12H23NO/c1-4-5-8-12(3)9-6-7-10(2)11(12)13-14/h10,14H,4-9H2,1-3H3. The van der Waals surface area contributed by atoms with Crippen LogP contribution < -0.4 is 0 Å². The molecular formula is C12H23NO. The first-order valence-electron chi connectivity index (χ1n) is 5.86. The molecule has 0 aliphatic heterocycles. The normalized spacial score (nSPS) is 36.2. The number of nitrogens with zero attached hydrogens (tertiary/aromatic N) is 1. The summed E-state index contributed by atoms with van der Waals surface area (Å²) in [6.07, 6.45) is 7.29. The Bertz CT molecular complexity index is 212. The summed E-state index contributed by atoms with van der Waals surface area (Å²) in [5.74, 6) is 0.468. The van der Waals surface area contributed by atoms with E-state index in [0.717, 1.165) is 5.71 Å². The Kier molecular flexibility index (Phi) is 3.97. The molecule has 0 aromatic heterocycles. The predicted molar refractivity (Wildman–Crippen MR) is 59.9 cm³/mol. The summed E-state index contributed by atoms with van der Waals surface area (Å²) in [6, 6.07) is 0. The number of hydrogen-bond acceptors (Lipinski definition) is 2. The first-order valence-corrected chi connectivity index (χ1v) is 5.86. The largest absolute Gasteiger partial charge is 0.411 e. The predicted octanol–water partition coefficient (Wildman–Crippen LogP) is 3.83. The minimum Gasteiger partial charge on any atom is -0.411 e. The highest BCUT2D eigenvalue weighted by atomic mass is 16.4. The van der Waals surface area contributed by atoms with Crippen molar-refractivity contribution in [2.75, 3.05) is 0 Å². The molecule has 1 N–H and O–H groups in total.